The Morgan fingerprint density at radius 1 is 1.33 bits per heavy atom. The van der Waals surface area contributed by atoms with Crippen molar-refractivity contribution in [2.45, 2.75) is 57.1 Å². The van der Waals surface area contributed by atoms with E-state index < -0.39 is 0 Å². The lowest BCUT2D eigenvalue weighted by Gasteiger charge is -2.24. The molecular weight excluding hydrogens is 302 g/mol. The third-order valence-electron chi connectivity index (χ3n) is 3.60. The maximum Gasteiger partial charge on any atom is 0.228 e. The van der Waals surface area contributed by atoms with Gasteiger partial charge in [-0.3, -0.25) is 0 Å². The maximum atomic E-state index is 5.50. The molecule has 0 bridgehead atoms. The lowest BCUT2D eigenvalue weighted by Crippen LogP contribution is -2.32. The zero-order valence-corrected chi connectivity index (χ0v) is 15.1. The number of aromatic nitrogens is 2. The molecule has 0 amide bonds. The molecule has 21 heavy (non-hydrogen) atoms. The van der Waals surface area contributed by atoms with Crippen molar-refractivity contribution < 1.29 is 4.52 Å². The summed E-state index contributed by atoms with van der Waals surface area (Å²) in [6.45, 7) is 9.88. The van der Waals surface area contributed by atoms with E-state index in [-0.39, 0.29) is 0 Å². The zero-order valence-electron chi connectivity index (χ0n) is 13.5. The molecule has 0 radical (unpaired) electrons. The van der Waals surface area contributed by atoms with Crippen molar-refractivity contribution in [3.8, 4) is 0 Å². The summed E-state index contributed by atoms with van der Waals surface area (Å²) in [7, 11) is 0. The van der Waals surface area contributed by atoms with Crippen LogP contribution in [0.4, 0.5) is 0 Å². The van der Waals surface area contributed by atoms with Crippen LogP contribution in [0.25, 0.3) is 0 Å². The Hall–Kier alpha value is -0.200. The second-order valence-electron chi connectivity index (χ2n) is 6.00. The minimum absolute atomic E-state index is 0.379. The molecule has 1 saturated heterocycles. The van der Waals surface area contributed by atoms with E-state index in [0.717, 1.165) is 31.1 Å². The third kappa shape index (κ3) is 5.18. The van der Waals surface area contributed by atoms with Gasteiger partial charge in [-0.2, -0.15) is 16.7 Å². The molecule has 3 atom stereocenters. The van der Waals surface area contributed by atoms with Gasteiger partial charge in [0.05, 0.1) is 5.25 Å². The summed E-state index contributed by atoms with van der Waals surface area (Å²) in [5.74, 6) is 4.73. The summed E-state index contributed by atoms with van der Waals surface area (Å²) >= 11 is 3.96. The molecule has 1 N–H and O–H groups in total. The number of thioether (sulfide) groups is 2. The lowest BCUT2D eigenvalue weighted by atomic mass is 10.0. The smallest absolute Gasteiger partial charge is 0.228 e. The van der Waals surface area contributed by atoms with E-state index in [1.54, 1.807) is 0 Å². The van der Waals surface area contributed by atoms with Crippen molar-refractivity contribution >= 4 is 23.5 Å². The molecule has 4 nitrogen and oxygen atoms in total. The van der Waals surface area contributed by atoms with Gasteiger partial charge < -0.3 is 9.84 Å². The molecule has 3 unspecified atom stereocenters. The van der Waals surface area contributed by atoms with E-state index in [4.69, 9.17) is 4.52 Å². The normalized spacial score (nSPS) is 24.4. The monoisotopic (exact) mass is 329 g/mol. The summed E-state index contributed by atoms with van der Waals surface area (Å²) in [6, 6.07) is 0.425. The van der Waals surface area contributed by atoms with Gasteiger partial charge in [-0.05, 0) is 18.9 Å². The Morgan fingerprint density at radius 3 is 2.76 bits per heavy atom. The van der Waals surface area contributed by atoms with Crippen LogP contribution in [0, 0.1) is 5.92 Å². The Labute approximate surface area is 136 Å². The molecule has 1 aliphatic heterocycles. The van der Waals surface area contributed by atoms with Gasteiger partial charge in [0.1, 0.15) is 0 Å². The van der Waals surface area contributed by atoms with Crippen LogP contribution in [-0.4, -0.2) is 39.5 Å². The van der Waals surface area contributed by atoms with Crippen LogP contribution < -0.4 is 5.32 Å². The number of nitrogens with zero attached hydrogens (tertiary/aromatic N) is 2. The second-order valence-corrected chi connectivity index (χ2v) is 8.74. The van der Waals surface area contributed by atoms with Crippen LogP contribution in [0.5, 0.6) is 0 Å². The van der Waals surface area contributed by atoms with Gasteiger partial charge in [0.2, 0.25) is 5.89 Å². The topological polar surface area (TPSA) is 51.0 Å². The Balaban J connectivity index is 1.97. The van der Waals surface area contributed by atoms with Crippen LogP contribution in [-0.2, 0) is 6.42 Å². The minimum Gasteiger partial charge on any atom is -0.339 e. The van der Waals surface area contributed by atoms with Gasteiger partial charge >= 0.3 is 0 Å². The summed E-state index contributed by atoms with van der Waals surface area (Å²) in [5.41, 5.74) is 0. The van der Waals surface area contributed by atoms with Gasteiger partial charge in [-0.15, -0.1) is 11.8 Å². The van der Waals surface area contributed by atoms with Crippen molar-refractivity contribution in [3.63, 3.8) is 0 Å². The molecule has 0 spiro atoms. The average Bonchev–Trinajstić information content (AvgIpc) is 2.87. The average molecular weight is 330 g/mol. The fourth-order valence-corrected chi connectivity index (χ4v) is 5.37. The minimum atomic E-state index is 0.379. The number of hydrogen-bond acceptors (Lipinski definition) is 6. The predicted octanol–water partition coefficient (Wildman–Crippen LogP) is 3.55. The van der Waals surface area contributed by atoms with Gasteiger partial charge in [0, 0.05) is 29.2 Å². The molecule has 1 fully saturated rings. The Kier molecular flexibility index (Phi) is 6.89. The lowest BCUT2D eigenvalue weighted by molar-refractivity contribution is 0.337. The summed E-state index contributed by atoms with van der Waals surface area (Å²) < 4.78 is 5.50. The quantitative estimate of drug-likeness (QED) is 0.825. The van der Waals surface area contributed by atoms with Crippen molar-refractivity contribution in [1.82, 2.24) is 15.5 Å². The first-order valence-electron chi connectivity index (χ1n) is 7.89. The molecule has 2 heterocycles. The van der Waals surface area contributed by atoms with Crippen LogP contribution in [0.3, 0.4) is 0 Å². The van der Waals surface area contributed by atoms with Gasteiger partial charge in [0.25, 0.3) is 0 Å². The highest BCUT2D eigenvalue weighted by atomic mass is 32.2. The fourth-order valence-electron chi connectivity index (χ4n) is 2.69. The van der Waals surface area contributed by atoms with Crippen molar-refractivity contribution in [2.75, 3.05) is 18.1 Å². The van der Waals surface area contributed by atoms with E-state index in [1.165, 1.54) is 11.5 Å². The molecule has 2 rings (SSSR count). The van der Waals surface area contributed by atoms with E-state index in [2.05, 4.69) is 43.2 Å². The largest absolute Gasteiger partial charge is 0.339 e. The van der Waals surface area contributed by atoms with E-state index in [9.17, 15) is 0 Å². The summed E-state index contributed by atoms with van der Waals surface area (Å²) in [4.78, 5) is 4.66. The third-order valence-corrected chi connectivity index (χ3v) is 6.68. The molecule has 1 aliphatic rings. The molecule has 120 valence electrons. The highest BCUT2D eigenvalue weighted by Crippen LogP contribution is 2.41. The molecule has 1 aromatic heterocycles. The van der Waals surface area contributed by atoms with E-state index in [0.29, 0.717) is 22.5 Å². The standard InChI is InChI=1S/C15H27N3OS2/c1-5-16-12(8-10(2)3)9-13-17-15(18-19-13)14-11(4)20-6-7-21-14/h10-12,14,16H,5-9H2,1-4H3. The molecule has 1 aromatic rings. The fraction of sp³-hybridized carbons (Fsp3) is 0.867. The SMILES string of the molecule is CCNC(Cc1nc(C2SCCSC2C)no1)CC(C)C. The molecule has 6 heteroatoms. The van der Waals surface area contributed by atoms with Crippen molar-refractivity contribution in [1.29, 1.82) is 0 Å². The van der Waals surface area contributed by atoms with Crippen LogP contribution >= 0.6 is 23.5 Å². The van der Waals surface area contributed by atoms with E-state index in [1.807, 2.05) is 23.5 Å². The van der Waals surface area contributed by atoms with Crippen molar-refractivity contribution in [3.05, 3.63) is 11.7 Å². The number of rotatable bonds is 7. The highest BCUT2D eigenvalue weighted by molar-refractivity contribution is 8.06. The van der Waals surface area contributed by atoms with Crippen LogP contribution in [0.15, 0.2) is 4.52 Å². The van der Waals surface area contributed by atoms with Gasteiger partial charge in [-0.25, -0.2) is 0 Å². The number of nitrogens with one attached hydrogen (secondary N) is 1. The summed E-state index contributed by atoms with van der Waals surface area (Å²) in [6.07, 6.45) is 1.97. The Morgan fingerprint density at radius 2 is 2.10 bits per heavy atom. The van der Waals surface area contributed by atoms with E-state index >= 15 is 0 Å². The van der Waals surface area contributed by atoms with Crippen LogP contribution in [0.2, 0.25) is 0 Å². The second kappa shape index (κ2) is 8.44. The molecular formula is C15H27N3OS2. The number of hydrogen-bond donors (Lipinski definition) is 1. The Bertz CT molecular complexity index is 425. The predicted molar refractivity (Wildman–Crippen MR) is 92.0 cm³/mol. The molecule has 0 aliphatic carbocycles. The molecule has 0 aromatic carbocycles. The molecule has 0 saturated carbocycles. The van der Waals surface area contributed by atoms with Gasteiger partial charge in [-0.1, -0.05) is 32.9 Å². The first-order valence-corrected chi connectivity index (χ1v) is 9.99. The first-order chi connectivity index (χ1) is 10.1. The van der Waals surface area contributed by atoms with Crippen molar-refractivity contribution in [2.24, 2.45) is 5.92 Å². The zero-order chi connectivity index (χ0) is 15.2. The highest BCUT2D eigenvalue weighted by Gasteiger charge is 2.28. The maximum absolute atomic E-state index is 5.50. The number of likely N-dealkylation sites (N-methyl/N-ethyl adjacent to an activating group) is 1. The van der Waals surface area contributed by atoms with Crippen LogP contribution in [0.1, 0.15) is 51.1 Å². The van der Waals surface area contributed by atoms with Gasteiger partial charge in [0.15, 0.2) is 5.82 Å². The summed E-state index contributed by atoms with van der Waals surface area (Å²) in [5, 5.41) is 8.70. The first kappa shape index (κ1) is 17.2.